The molecule has 106 valence electrons. The van der Waals surface area contributed by atoms with Crippen molar-refractivity contribution in [2.45, 2.75) is 18.7 Å². The molecule has 0 radical (unpaired) electrons. The first-order valence-corrected chi connectivity index (χ1v) is 7.42. The van der Waals surface area contributed by atoms with Gasteiger partial charge in [-0.1, -0.05) is 6.07 Å². The minimum Gasteiger partial charge on any atom is -0.399 e. The summed E-state index contributed by atoms with van der Waals surface area (Å²) in [7, 11) is -4.01. The third kappa shape index (κ3) is 3.08. The van der Waals surface area contributed by atoms with Crippen LogP contribution in [0.2, 0.25) is 0 Å². The normalized spacial score (nSPS) is 11.3. The predicted octanol–water partition coefficient (Wildman–Crippen LogP) is 2.83. The quantitative estimate of drug-likeness (QED) is 0.855. The summed E-state index contributed by atoms with van der Waals surface area (Å²) in [6, 6.07) is 8.71. The standard InChI is InChI=1S/C14H15FN2O2S/c1-9-5-10(2)7-12(6-9)17-20(18,19)14-8-11(16)3-4-13(14)15/h3-8,17H,16H2,1-2H3. The molecule has 0 atom stereocenters. The largest absolute Gasteiger partial charge is 0.399 e. The van der Waals surface area contributed by atoms with Crippen LogP contribution in [0.25, 0.3) is 0 Å². The molecule has 2 rings (SSSR count). The molecule has 0 spiro atoms. The Labute approximate surface area is 117 Å². The summed E-state index contributed by atoms with van der Waals surface area (Å²) >= 11 is 0. The molecule has 0 fully saturated rings. The monoisotopic (exact) mass is 294 g/mol. The van der Waals surface area contributed by atoms with E-state index in [0.29, 0.717) is 5.69 Å². The van der Waals surface area contributed by atoms with Gasteiger partial charge < -0.3 is 5.73 Å². The van der Waals surface area contributed by atoms with E-state index in [1.54, 1.807) is 12.1 Å². The van der Waals surface area contributed by atoms with Crippen LogP contribution in [0, 0.1) is 19.7 Å². The Morgan fingerprint density at radius 2 is 1.65 bits per heavy atom. The van der Waals surface area contributed by atoms with E-state index in [-0.39, 0.29) is 5.69 Å². The number of nitrogen functional groups attached to an aromatic ring is 1. The zero-order valence-corrected chi connectivity index (χ0v) is 12.0. The SMILES string of the molecule is Cc1cc(C)cc(NS(=O)(=O)c2cc(N)ccc2F)c1. The third-order valence-electron chi connectivity index (χ3n) is 2.72. The molecule has 0 aromatic heterocycles. The fraction of sp³-hybridized carbons (Fsp3) is 0.143. The van der Waals surface area contributed by atoms with Crippen LogP contribution < -0.4 is 10.5 Å². The average molecular weight is 294 g/mol. The molecule has 0 unspecified atom stereocenters. The Kier molecular flexibility index (Phi) is 3.67. The van der Waals surface area contributed by atoms with Gasteiger partial charge in [0.1, 0.15) is 10.7 Å². The second kappa shape index (κ2) is 5.13. The predicted molar refractivity (Wildman–Crippen MR) is 77.5 cm³/mol. The molecule has 6 heteroatoms. The highest BCUT2D eigenvalue weighted by atomic mass is 32.2. The number of hydrogen-bond donors (Lipinski definition) is 2. The third-order valence-corrected chi connectivity index (χ3v) is 4.11. The van der Waals surface area contributed by atoms with Gasteiger partial charge in [-0.15, -0.1) is 0 Å². The Morgan fingerprint density at radius 3 is 2.25 bits per heavy atom. The van der Waals surface area contributed by atoms with E-state index in [1.165, 1.54) is 6.07 Å². The number of aryl methyl sites for hydroxylation is 2. The first-order valence-electron chi connectivity index (χ1n) is 5.94. The summed E-state index contributed by atoms with van der Waals surface area (Å²) in [4.78, 5) is -0.461. The summed E-state index contributed by atoms with van der Waals surface area (Å²) in [5, 5.41) is 0. The van der Waals surface area contributed by atoms with Crippen LogP contribution in [0.5, 0.6) is 0 Å². The molecule has 0 heterocycles. The number of nitrogens with two attached hydrogens (primary N) is 1. The average Bonchev–Trinajstić information content (AvgIpc) is 2.30. The lowest BCUT2D eigenvalue weighted by atomic mass is 10.1. The number of sulfonamides is 1. The minimum absolute atomic E-state index is 0.187. The molecular weight excluding hydrogens is 279 g/mol. The maximum Gasteiger partial charge on any atom is 0.264 e. The smallest absolute Gasteiger partial charge is 0.264 e. The van der Waals surface area contributed by atoms with Crippen molar-refractivity contribution >= 4 is 21.4 Å². The van der Waals surface area contributed by atoms with Crippen molar-refractivity contribution in [1.82, 2.24) is 0 Å². The van der Waals surface area contributed by atoms with E-state index >= 15 is 0 Å². The van der Waals surface area contributed by atoms with E-state index < -0.39 is 20.7 Å². The lowest BCUT2D eigenvalue weighted by molar-refractivity contribution is 0.570. The molecule has 2 aromatic rings. The molecule has 3 N–H and O–H groups in total. The highest BCUT2D eigenvalue weighted by molar-refractivity contribution is 7.92. The van der Waals surface area contributed by atoms with Crippen LogP contribution in [-0.2, 0) is 10.0 Å². The van der Waals surface area contributed by atoms with Gasteiger partial charge in [0.2, 0.25) is 0 Å². The Balaban J connectivity index is 2.43. The number of anilines is 2. The highest BCUT2D eigenvalue weighted by Crippen LogP contribution is 2.22. The van der Waals surface area contributed by atoms with Gasteiger partial charge in [0, 0.05) is 11.4 Å². The zero-order valence-electron chi connectivity index (χ0n) is 11.1. The maximum atomic E-state index is 13.7. The van der Waals surface area contributed by atoms with E-state index in [4.69, 9.17) is 5.73 Å². The van der Waals surface area contributed by atoms with Crippen LogP contribution in [-0.4, -0.2) is 8.42 Å². The fourth-order valence-corrected chi connectivity index (χ4v) is 3.12. The molecule has 0 saturated heterocycles. The second-order valence-electron chi connectivity index (χ2n) is 4.67. The first-order chi connectivity index (χ1) is 9.28. The Hall–Kier alpha value is -2.08. The number of hydrogen-bond acceptors (Lipinski definition) is 3. The van der Waals surface area contributed by atoms with Crippen LogP contribution in [0.4, 0.5) is 15.8 Å². The van der Waals surface area contributed by atoms with Gasteiger partial charge in [-0.2, -0.15) is 0 Å². The van der Waals surface area contributed by atoms with Crippen molar-refractivity contribution < 1.29 is 12.8 Å². The van der Waals surface area contributed by atoms with Crippen LogP contribution in [0.3, 0.4) is 0 Å². The van der Waals surface area contributed by atoms with E-state index in [2.05, 4.69) is 4.72 Å². The molecule has 4 nitrogen and oxygen atoms in total. The molecule has 0 saturated carbocycles. The second-order valence-corrected chi connectivity index (χ2v) is 6.32. The highest BCUT2D eigenvalue weighted by Gasteiger charge is 2.19. The first kappa shape index (κ1) is 14.3. The van der Waals surface area contributed by atoms with Gasteiger partial charge in [-0.25, -0.2) is 12.8 Å². The van der Waals surface area contributed by atoms with Crippen molar-refractivity contribution in [3.63, 3.8) is 0 Å². The molecule has 2 aromatic carbocycles. The zero-order chi connectivity index (χ0) is 14.9. The topological polar surface area (TPSA) is 72.2 Å². The van der Waals surface area contributed by atoms with Gasteiger partial charge in [0.15, 0.2) is 0 Å². The molecule has 0 amide bonds. The molecule has 0 aliphatic heterocycles. The lowest BCUT2D eigenvalue weighted by Gasteiger charge is -2.11. The van der Waals surface area contributed by atoms with Crippen molar-refractivity contribution in [3.05, 3.63) is 53.3 Å². The molecule has 0 bridgehead atoms. The number of nitrogens with one attached hydrogen (secondary N) is 1. The van der Waals surface area contributed by atoms with Gasteiger partial charge in [0.25, 0.3) is 10.0 Å². The van der Waals surface area contributed by atoms with E-state index in [9.17, 15) is 12.8 Å². The molecule has 20 heavy (non-hydrogen) atoms. The van der Waals surface area contributed by atoms with Crippen LogP contribution >= 0.6 is 0 Å². The number of halogens is 1. The summed E-state index contributed by atoms with van der Waals surface area (Å²) < 4.78 is 40.4. The summed E-state index contributed by atoms with van der Waals surface area (Å²) in [6.45, 7) is 3.71. The van der Waals surface area contributed by atoms with Gasteiger partial charge in [-0.05, 0) is 55.3 Å². The lowest BCUT2D eigenvalue weighted by Crippen LogP contribution is -2.15. The van der Waals surface area contributed by atoms with Gasteiger partial charge in [0.05, 0.1) is 0 Å². The number of benzene rings is 2. The molecule has 0 aliphatic carbocycles. The summed E-state index contributed by atoms with van der Waals surface area (Å²) in [5.74, 6) is -0.837. The molecular formula is C14H15FN2O2S. The maximum absolute atomic E-state index is 13.7. The van der Waals surface area contributed by atoms with Crippen LogP contribution in [0.15, 0.2) is 41.3 Å². The van der Waals surface area contributed by atoms with Crippen molar-refractivity contribution in [2.75, 3.05) is 10.5 Å². The molecule has 0 aliphatic rings. The van der Waals surface area contributed by atoms with Gasteiger partial charge in [-0.3, -0.25) is 4.72 Å². The fourth-order valence-electron chi connectivity index (χ4n) is 1.97. The van der Waals surface area contributed by atoms with Crippen LogP contribution in [0.1, 0.15) is 11.1 Å². The summed E-state index contributed by atoms with van der Waals surface area (Å²) in [5.41, 5.74) is 7.91. The Bertz CT molecular complexity index is 738. The van der Waals surface area contributed by atoms with E-state index in [1.807, 2.05) is 19.9 Å². The Morgan fingerprint density at radius 1 is 1.05 bits per heavy atom. The van der Waals surface area contributed by atoms with Gasteiger partial charge >= 0.3 is 0 Å². The minimum atomic E-state index is -4.01. The van der Waals surface area contributed by atoms with Crippen molar-refractivity contribution in [2.24, 2.45) is 0 Å². The van der Waals surface area contributed by atoms with E-state index in [0.717, 1.165) is 23.3 Å². The number of rotatable bonds is 3. The summed E-state index contributed by atoms with van der Waals surface area (Å²) in [6.07, 6.45) is 0. The van der Waals surface area contributed by atoms with Crippen molar-refractivity contribution in [3.8, 4) is 0 Å². The van der Waals surface area contributed by atoms with Crippen molar-refractivity contribution in [1.29, 1.82) is 0 Å².